The third-order valence-electron chi connectivity index (χ3n) is 3.35. The van der Waals surface area contributed by atoms with Crippen LogP contribution in [0.5, 0.6) is 0 Å². The number of nitrogens with zero attached hydrogens (tertiary/aromatic N) is 1. The van der Waals surface area contributed by atoms with Crippen LogP contribution in [0.3, 0.4) is 0 Å². The Balaban J connectivity index is 1.79. The molecule has 0 aliphatic rings. The Labute approximate surface area is 151 Å². The molecule has 1 N–H and O–H groups in total. The van der Waals surface area contributed by atoms with Crippen molar-refractivity contribution in [3.05, 3.63) is 81.7 Å². The predicted molar refractivity (Wildman–Crippen MR) is 96.7 cm³/mol. The van der Waals surface area contributed by atoms with E-state index >= 15 is 0 Å². The summed E-state index contributed by atoms with van der Waals surface area (Å²) in [5, 5.41) is 3.24. The SMILES string of the molecule is O=C(Nc1ccc(Br)c(Cl)c1)c1ccc(-c2ccccc2F)nc1. The van der Waals surface area contributed by atoms with Gasteiger partial charge in [-0.05, 0) is 58.4 Å². The van der Waals surface area contributed by atoms with Gasteiger partial charge in [-0.25, -0.2) is 4.39 Å². The van der Waals surface area contributed by atoms with Gasteiger partial charge >= 0.3 is 0 Å². The van der Waals surface area contributed by atoms with Gasteiger partial charge < -0.3 is 5.32 Å². The molecule has 1 heterocycles. The molecule has 0 fully saturated rings. The standard InChI is InChI=1S/C18H11BrClFN2O/c19-14-7-6-12(9-15(14)20)23-18(24)11-5-8-17(22-10-11)13-3-1-2-4-16(13)21/h1-10H,(H,23,24). The first-order valence-corrected chi connectivity index (χ1v) is 8.19. The summed E-state index contributed by atoms with van der Waals surface area (Å²) in [6.07, 6.45) is 1.41. The first-order valence-electron chi connectivity index (χ1n) is 7.02. The van der Waals surface area contributed by atoms with Gasteiger partial charge in [0.25, 0.3) is 5.91 Å². The van der Waals surface area contributed by atoms with Crippen LogP contribution in [-0.4, -0.2) is 10.9 Å². The Morgan fingerprint density at radius 1 is 1.12 bits per heavy atom. The molecule has 120 valence electrons. The smallest absolute Gasteiger partial charge is 0.257 e. The molecule has 24 heavy (non-hydrogen) atoms. The summed E-state index contributed by atoms with van der Waals surface area (Å²) in [6.45, 7) is 0. The third-order valence-corrected chi connectivity index (χ3v) is 4.59. The van der Waals surface area contributed by atoms with E-state index in [2.05, 4.69) is 26.2 Å². The minimum Gasteiger partial charge on any atom is -0.322 e. The lowest BCUT2D eigenvalue weighted by atomic mass is 10.1. The topological polar surface area (TPSA) is 42.0 Å². The first-order chi connectivity index (χ1) is 11.5. The van der Waals surface area contributed by atoms with E-state index in [4.69, 9.17) is 11.6 Å². The van der Waals surface area contributed by atoms with Crippen molar-refractivity contribution in [1.82, 2.24) is 4.98 Å². The van der Waals surface area contributed by atoms with Crippen LogP contribution < -0.4 is 5.32 Å². The number of hydrogen-bond donors (Lipinski definition) is 1. The van der Waals surface area contributed by atoms with Crippen LogP contribution in [0.25, 0.3) is 11.3 Å². The number of halogens is 3. The third kappa shape index (κ3) is 3.63. The highest BCUT2D eigenvalue weighted by molar-refractivity contribution is 9.10. The van der Waals surface area contributed by atoms with E-state index in [1.807, 2.05) is 0 Å². The van der Waals surface area contributed by atoms with Crippen LogP contribution in [0.4, 0.5) is 10.1 Å². The zero-order chi connectivity index (χ0) is 17.1. The second-order valence-electron chi connectivity index (χ2n) is 4.99. The zero-order valence-electron chi connectivity index (χ0n) is 12.3. The van der Waals surface area contributed by atoms with Crippen LogP contribution in [0.15, 0.2) is 65.3 Å². The molecule has 1 amide bonds. The molecule has 3 rings (SSSR count). The van der Waals surface area contributed by atoms with Crippen molar-refractivity contribution in [3.63, 3.8) is 0 Å². The van der Waals surface area contributed by atoms with Gasteiger partial charge in [0.15, 0.2) is 0 Å². The summed E-state index contributed by atoms with van der Waals surface area (Å²) in [4.78, 5) is 16.4. The van der Waals surface area contributed by atoms with Crippen molar-refractivity contribution in [2.24, 2.45) is 0 Å². The fraction of sp³-hybridized carbons (Fsp3) is 0. The number of anilines is 1. The number of hydrogen-bond acceptors (Lipinski definition) is 2. The zero-order valence-corrected chi connectivity index (χ0v) is 14.6. The van der Waals surface area contributed by atoms with Crippen molar-refractivity contribution in [2.75, 3.05) is 5.32 Å². The van der Waals surface area contributed by atoms with Crippen molar-refractivity contribution in [1.29, 1.82) is 0 Å². The van der Waals surface area contributed by atoms with Crippen molar-refractivity contribution >= 4 is 39.1 Å². The van der Waals surface area contributed by atoms with E-state index in [9.17, 15) is 9.18 Å². The average molecular weight is 406 g/mol. The Bertz CT molecular complexity index is 900. The highest BCUT2D eigenvalue weighted by atomic mass is 79.9. The lowest BCUT2D eigenvalue weighted by molar-refractivity contribution is 0.102. The quantitative estimate of drug-likeness (QED) is 0.620. The van der Waals surface area contributed by atoms with Crippen LogP contribution >= 0.6 is 27.5 Å². The van der Waals surface area contributed by atoms with E-state index in [1.165, 1.54) is 12.3 Å². The predicted octanol–water partition coefficient (Wildman–Crippen LogP) is 5.56. The summed E-state index contributed by atoms with van der Waals surface area (Å²) < 4.78 is 14.5. The molecule has 0 unspecified atom stereocenters. The minimum atomic E-state index is -0.355. The van der Waals surface area contributed by atoms with Gasteiger partial charge in [-0.3, -0.25) is 9.78 Å². The Hall–Kier alpha value is -2.24. The molecule has 1 aromatic heterocycles. The average Bonchev–Trinajstić information content (AvgIpc) is 2.59. The maximum Gasteiger partial charge on any atom is 0.257 e. The van der Waals surface area contributed by atoms with Crippen LogP contribution in [0, 0.1) is 5.82 Å². The summed E-state index contributed by atoms with van der Waals surface area (Å²) in [5.74, 6) is -0.673. The first kappa shape index (κ1) is 16.6. The molecule has 0 bridgehead atoms. The molecule has 0 radical (unpaired) electrons. The number of aromatic nitrogens is 1. The molecular formula is C18H11BrClFN2O. The number of carbonyl (C=O) groups excluding carboxylic acids is 1. The molecular weight excluding hydrogens is 395 g/mol. The van der Waals surface area contributed by atoms with E-state index in [0.29, 0.717) is 27.5 Å². The molecule has 6 heteroatoms. The van der Waals surface area contributed by atoms with Gasteiger partial charge in [-0.2, -0.15) is 0 Å². The van der Waals surface area contributed by atoms with E-state index in [-0.39, 0.29) is 11.7 Å². The van der Waals surface area contributed by atoms with Gasteiger partial charge in [0, 0.05) is 21.9 Å². The normalized spacial score (nSPS) is 10.5. The van der Waals surface area contributed by atoms with Crippen LogP contribution in [-0.2, 0) is 0 Å². The number of pyridine rings is 1. The van der Waals surface area contributed by atoms with E-state index in [0.717, 1.165) is 4.47 Å². The number of amides is 1. The molecule has 0 atom stereocenters. The Morgan fingerprint density at radius 2 is 1.92 bits per heavy atom. The summed E-state index contributed by atoms with van der Waals surface area (Å²) in [7, 11) is 0. The molecule has 3 aromatic rings. The lowest BCUT2D eigenvalue weighted by Gasteiger charge is -2.07. The maximum absolute atomic E-state index is 13.8. The number of nitrogens with one attached hydrogen (secondary N) is 1. The van der Waals surface area contributed by atoms with Crippen molar-refractivity contribution in [2.45, 2.75) is 0 Å². The molecule has 2 aromatic carbocycles. The van der Waals surface area contributed by atoms with Gasteiger partial charge in [0.2, 0.25) is 0 Å². The number of rotatable bonds is 3. The molecule has 0 aliphatic carbocycles. The highest BCUT2D eigenvalue weighted by Gasteiger charge is 2.10. The van der Waals surface area contributed by atoms with Crippen molar-refractivity contribution in [3.8, 4) is 11.3 Å². The Kier molecular flexibility index (Phi) is 4.92. The fourth-order valence-corrected chi connectivity index (χ4v) is 2.56. The van der Waals surface area contributed by atoms with Crippen molar-refractivity contribution < 1.29 is 9.18 Å². The van der Waals surface area contributed by atoms with E-state index < -0.39 is 0 Å². The summed E-state index contributed by atoms with van der Waals surface area (Å²) in [5.41, 5.74) is 1.81. The molecule has 0 saturated carbocycles. The second-order valence-corrected chi connectivity index (χ2v) is 6.26. The van der Waals surface area contributed by atoms with Gasteiger partial charge in [-0.15, -0.1) is 0 Å². The maximum atomic E-state index is 13.8. The molecule has 0 spiro atoms. The van der Waals surface area contributed by atoms with Crippen LogP contribution in [0.1, 0.15) is 10.4 Å². The van der Waals surface area contributed by atoms with Gasteiger partial charge in [0.05, 0.1) is 16.3 Å². The minimum absolute atomic E-state index is 0.319. The molecule has 0 aliphatic heterocycles. The van der Waals surface area contributed by atoms with Gasteiger partial charge in [-0.1, -0.05) is 23.7 Å². The second kappa shape index (κ2) is 7.11. The Morgan fingerprint density at radius 3 is 2.58 bits per heavy atom. The fourth-order valence-electron chi connectivity index (χ4n) is 2.13. The molecule has 3 nitrogen and oxygen atoms in total. The molecule has 0 saturated heterocycles. The lowest BCUT2D eigenvalue weighted by Crippen LogP contribution is -2.12. The van der Waals surface area contributed by atoms with Crippen LogP contribution in [0.2, 0.25) is 5.02 Å². The number of carbonyl (C=O) groups is 1. The summed E-state index contributed by atoms with van der Waals surface area (Å²) >= 11 is 9.29. The summed E-state index contributed by atoms with van der Waals surface area (Å²) in [6, 6.07) is 14.7. The monoisotopic (exact) mass is 404 g/mol. The highest BCUT2D eigenvalue weighted by Crippen LogP contribution is 2.26. The number of benzene rings is 2. The van der Waals surface area contributed by atoms with E-state index in [1.54, 1.807) is 48.5 Å². The van der Waals surface area contributed by atoms with Gasteiger partial charge in [0.1, 0.15) is 5.82 Å². The largest absolute Gasteiger partial charge is 0.322 e.